The Balaban J connectivity index is 2.41. The van der Waals surface area contributed by atoms with Crippen LogP contribution in [0.15, 0.2) is 0 Å². The van der Waals surface area contributed by atoms with Crippen LogP contribution in [0.4, 0.5) is 11.6 Å². The van der Waals surface area contributed by atoms with E-state index in [1.165, 1.54) is 0 Å². The summed E-state index contributed by atoms with van der Waals surface area (Å²) in [7, 11) is 0. The monoisotopic (exact) mass is 279 g/mol. The number of hydrazine groups is 1. The van der Waals surface area contributed by atoms with Gasteiger partial charge in [-0.2, -0.15) is 0 Å². The summed E-state index contributed by atoms with van der Waals surface area (Å²) in [5, 5.41) is 9.21. The van der Waals surface area contributed by atoms with E-state index < -0.39 is 0 Å². The first-order chi connectivity index (χ1) is 9.58. The Kier molecular flexibility index (Phi) is 4.77. The first-order valence-electron chi connectivity index (χ1n) is 7.31. The van der Waals surface area contributed by atoms with Gasteiger partial charge in [-0.05, 0) is 26.2 Å². The number of hydrogen-bond acceptors (Lipinski definition) is 6. The van der Waals surface area contributed by atoms with Crippen LogP contribution >= 0.6 is 0 Å². The lowest BCUT2D eigenvalue weighted by molar-refractivity contribution is 0.275. The van der Waals surface area contributed by atoms with E-state index in [1.54, 1.807) is 0 Å². The van der Waals surface area contributed by atoms with Crippen LogP contribution in [0.2, 0.25) is 0 Å². The second-order valence-corrected chi connectivity index (χ2v) is 5.68. The second-order valence-electron chi connectivity index (χ2n) is 5.68. The summed E-state index contributed by atoms with van der Waals surface area (Å²) in [6.07, 6.45) is 3.02. The molecule has 0 radical (unpaired) electrons. The zero-order chi connectivity index (χ0) is 14.7. The van der Waals surface area contributed by atoms with Crippen LogP contribution in [0.1, 0.15) is 50.4 Å². The smallest absolute Gasteiger partial charge is 0.148 e. The van der Waals surface area contributed by atoms with Gasteiger partial charge in [0.05, 0.1) is 0 Å². The number of nitrogens with zero attached hydrogens (tertiary/aromatic N) is 3. The third-order valence-corrected chi connectivity index (χ3v) is 3.90. The molecule has 6 heteroatoms. The van der Waals surface area contributed by atoms with Crippen LogP contribution in [0.25, 0.3) is 0 Å². The van der Waals surface area contributed by atoms with E-state index >= 15 is 0 Å². The predicted octanol–water partition coefficient (Wildman–Crippen LogP) is 1.55. The number of nitrogen functional groups attached to an aromatic ring is 1. The average Bonchev–Trinajstić information content (AvgIpc) is 2.87. The molecule has 0 spiro atoms. The molecule has 2 heterocycles. The molecule has 112 valence electrons. The molecule has 1 fully saturated rings. The molecule has 1 aliphatic heterocycles. The van der Waals surface area contributed by atoms with Crippen LogP contribution in [-0.2, 0) is 0 Å². The minimum Gasteiger partial charge on any atom is -0.396 e. The summed E-state index contributed by atoms with van der Waals surface area (Å²) < 4.78 is 0. The molecule has 20 heavy (non-hydrogen) atoms. The average molecular weight is 279 g/mol. The minimum atomic E-state index is 0.213. The number of aliphatic hydroxyl groups excluding tert-OH is 1. The van der Waals surface area contributed by atoms with Gasteiger partial charge in [0.25, 0.3) is 0 Å². The van der Waals surface area contributed by atoms with Crippen molar-refractivity contribution in [1.29, 1.82) is 0 Å². The molecular weight excluding hydrogens is 254 g/mol. The molecule has 1 aromatic heterocycles. The van der Waals surface area contributed by atoms with Gasteiger partial charge < -0.3 is 15.4 Å². The van der Waals surface area contributed by atoms with Gasteiger partial charge >= 0.3 is 0 Å². The lowest BCUT2D eigenvalue weighted by atomic mass is 10.1. The van der Waals surface area contributed by atoms with E-state index in [0.29, 0.717) is 11.9 Å². The first-order valence-corrected chi connectivity index (χ1v) is 7.31. The summed E-state index contributed by atoms with van der Waals surface area (Å²) in [5.41, 5.74) is 3.65. The van der Waals surface area contributed by atoms with Crippen LogP contribution < -0.4 is 16.2 Å². The van der Waals surface area contributed by atoms with Gasteiger partial charge in [-0.1, -0.05) is 13.8 Å². The summed E-state index contributed by atoms with van der Waals surface area (Å²) in [5.74, 6) is 8.27. The molecule has 0 aromatic carbocycles. The van der Waals surface area contributed by atoms with Crippen molar-refractivity contribution in [3.8, 4) is 0 Å². The zero-order valence-electron chi connectivity index (χ0n) is 12.6. The number of aromatic nitrogens is 2. The molecule has 0 bridgehead atoms. The summed E-state index contributed by atoms with van der Waals surface area (Å²) in [6.45, 7) is 7.32. The van der Waals surface area contributed by atoms with Crippen LogP contribution in [0, 0.1) is 6.92 Å². The molecule has 6 nitrogen and oxygen atoms in total. The molecular formula is C14H25N5O. The Bertz CT molecular complexity index is 463. The molecule has 1 aromatic rings. The quantitative estimate of drug-likeness (QED) is 0.560. The van der Waals surface area contributed by atoms with Crippen molar-refractivity contribution in [2.24, 2.45) is 5.84 Å². The Morgan fingerprint density at radius 3 is 2.80 bits per heavy atom. The normalized spacial score (nSPS) is 18.9. The molecule has 1 saturated heterocycles. The van der Waals surface area contributed by atoms with Crippen molar-refractivity contribution in [3.63, 3.8) is 0 Å². The van der Waals surface area contributed by atoms with Crippen LogP contribution in [0.5, 0.6) is 0 Å². The van der Waals surface area contributed by atoms with Gasteiger partial charge in [0.15, 0.2) is 0 Å². The Morgan fingerprint density at radius 2 is 2.20 bits per heavy atom. The summed E-state index contributed by atoms with van der Waals surface area (Å²) in [6, 6.07) is 0.360. The largest absolute Gasteiger partial charge is 0.396 e. The fourth-order valence-corrected chi connectivity index (χ4v) is 2.76. The fourth-order valence-electron chi connectivity index (χ4n) is 2.76. The zero-order valence-corrected chi connectivity index (χ0v) is 12.6. The Hall–Kier alpha value is -1.40. The van der Waals surface area contributed by atoms with E-state index in [2.05, 4.69) is 29.2 Å². The molecule has 4 N–H and O–H groups in total. The third-order valence-electron chi connectivity index (χ3n) is 3.90. The topological polar surface area (TPSA) is 87.3 Å². The standard InChI is InChI=1S/C14H25N5O/c1-9(2)12-16-13(18-15)10(3)14(17-12)19-7-4-5-11(19)6-8-20/h9,11,20H,4-8,15H2,1-3H3,(H,16,17,18). The highest BCUT2D eigenvalue weighted by Gasteiger charge is 2.28. The number of nitrogens with two attached hydrogens (primary N) is 1. The van der Waals surface area contributed by atoms with E-state index in [4.69, 9.17) is 10.8 Å². The maximum atomic E-state index is 9.21. The number of nitrogens with one attached hydrogen (secondary N) is 1. The maximum Gasteiger partial charge on any atom is 0.148 e. The molecule has 0 amide bonds. The van der Waals surface area contributed by atoms with E-state index in [0.717, 1.165) is 43.0 Å². The lowest BCUT2D eigenvalue weighted by Gasteiger charge is -2.28. The van der Waals surface area contributed by atoms with Crippen molar-refractivity contribution in [2.75, 3.05) is 23.5 Å². The Morgan fingerprint density at radius 1 is 1.45 bits per heavy atom. The van der Waals surface area contributed by atoms with E-state index in [-0.39, 0.29) is 12.5 Å². The SMILES string of the molecule is Cc1c(NN)nc(C(C)C)nc1N1CCCC1CCO. The highest BCUT2D eigenvalue weighted by atomic mass is 16.3. The number of rotatable bonds is 5. The molecule has 1 aliphatic rings. The number of aliphatic hydroxyl groups is 1. The lowest BCUT2D eigenvalue weighted by Crippen LogP contribution is -2.32. The minimum absolute atomic E-state index is 0.213. The second kappa shape index (κ2) is 6.37. The molecule has 2 rings (SSSR count). The first kappa shape index (κ1) is 15.0. The summed E-state index contributed by atoms with van der Waals surface area (Å²) >= 11 is 0. The fraction of sp³-hybridized carbons (Fsp3) is 0.714. The third kappa shape index (κ3) is 2.86. The number of hydrogen-bond donors (Lipinski definition) is 3. The van der Waals surface area contributed by atoms with Crippen LogP contribution in [-0.4, -0.2) is 34.3 Å². The highest BCUT2D eigenvalue weighted by molar-refractivity contribution is 5.59. The molecule has 1 unspecified atom stereocenters. The highest BCUT2D eigenvalue weighted by Crippen LogP contribution is 2.31. The van der Waals surface area contributed by atoms with Crippen molar-refractivity contribution < 1.29 is 5.11 Å². The van der Waals surface area contributed by atoms with Crippen molar-refractivity contribution in [3.05, 3.63) is 11.4 Å². The Labute approximate surface area is 120 Å². The van der Waals surface area contributed by atoms with E-state index in [1.807, 2.05) is 6.92 Å². The molecule has 0 saturated carbocycles. The van der Waals surface area contributed by atoms with E-state index in [9.17, 15) is 5.11 Å². The predicted molar refractivity (Wildman–Crippen MR) is 80.7 cm³/mol. The van der Waals surface area contributed by atoms with Crippen molar-refractivity contribution in [2.45, 2.75) is 52.0 Å². The molecule has 0 aliphatic carbocycles. The van der Waals surface area contributed by atoms with Crippen molar-refractivity contribution >= 4 is 11.6 Å². The summed E-state index contributed by atoms with van der Waals surface area (Å²) in [4.78, 5) is 11.5. The number of anilines is 2. The van der Waals surface area contributed by atoms with Gasteiger partial charge in [0.1, 0.15) is 17.5 Å². The van der Waals surface area contributed by atoms with Crippen LogP contribution in [0.3, 0.4) is 0 Å². The molecule has 1 atom stereocenters. The van der Waals surface area contributed by atoms with Gasteiger partial charge in [-0.3, -0.25) is 0 Å². The maximum absolute atomic E-state index is 9.21. The van der Waals surface area contributed by atoms with Gasteiger partial charge in [0.2, 0.25) is 0 Å². The van der Waals surface area contributed by atoms with Gasteiger partial charge in [-0.25, -0.2) is 15.8 Å². The van der Waals surface area contributed by atoms with Crippen molar-refractivity contribution in [1.82, 2.24) is 9.97 Å². The van der Waals surface area contributed by atoms with Gasteiger partial charge in [0, 0.05) is 30.7 Å². The van der Waals surface area contributed by atoms with Gasteiger partial charge in [-0.15, -0.1) is 0 Å².